The van der Waals surface area contributed by atoms with Crippen LogP contribution >= 0.6 is 61.1 Å². The molecular formula is C20H15BrI2N2O. The summed E-state index contributed by atoms with van der Waals surface area (Å²) in [5, 5.41) is 4.30. The van der Waals surface area contributed by atoms with Crippen molar-refractivity contribution in [1.29, 1.82) is 0 Å². The molecule has 0 aliphatic carbocycles. The fourth-order valence-electron chi connectivity index (χ4n) is 2.22. The van der Waals surface area contributed by atoms with Crippen LogP contribution in [0.1, 0.15) is 11.1 Å². The first-order valence-corrected chi connectivity index (χ1v) is 10.8. The highest BCUT2D eigenvalue weighted by molar-refractivity contribution is 14.1. The summed E-state index contributed by atoms with van der Waals surface area (Å²) in [5.74, 6) is 0.905. The number of halogens is 3. The lowest BCUT2D eigenvalue weighted by atomic mass is 10.2. The molecule has 0 saturated carbocycles. The first-order valence-electron chi connectivity index (χ1n) is 7.82. The Morgan fingerprint density at radius 2 is 1.62 bits per heavy atom. The largest absolute Gasteiger partial charge is 0.487 e. The zero-order chi connectivity index (χ0) is 18.4. The lowest BCUT2D eigenvalue weighted by Gasteiger charge is -2.11. The summed E-state index contributed by atoms with van der Waals surface area (Å²) in [6, 6.07) is 22.2. The topological polar surface area (TPSA) is 33.6 Å². The number of benzene rings is 3. The number of rotatable bonds is 6. The Morgan fingerprint density at radius 3 is 2.27 bits per heavy atom. The van der Waals surface area contributed by atoms with Crippen LogP contribution in [-0.4, -0.2) is 6.21 Å². The van der Waals surface area contributed by atoms with Crippen molar-refractivity contribution in [3.63, 3.8) is 0 Å². The van der Waals surface area contributed by atoms with Gasteiger partial charge in [-0.1, -0.05) is 46.3 Å². The molecule has 0 saturated heterocycles. The maximum atomic E-state index is 6.03. The van der Waals surface area contributed by atoms with Crippen LogP contribution in [0.4, 0.5) is 5.69 Å². The number of hydrogen-bond donors (Lipinski definition) is 1. The molecule has 0 fully saturated rings. The summed E-state index contributed by atoms with van der Waals surface area (Å²) < 4.78 is 9.23. The van der Waals surface area contributed by atoms with E-state index in [0.29, 0.717) is 6.61 Å². The molecule has 6 heteroatoms. The minimum Gasteiger partial charge on any atom is -0.487 e. The second-order valence-electron chi connectivity index (χ2n) is 5.46. The summed E-state index contributed by atoms with van der Waals surface area (Å²) >= 11 is 8.05. The number of nitrogens with zero attached hydrogens (tertiary/aromatic N) is 1. The van der Waals surface area contributed by atoms with Gasteiger partial charge in [-0.25, -0.2) is 0 Å². The fourth-order valence-corrected chi connectivity index (χ4v) is 4.61. The predicted octanol–water partition coefficient (Wildman–Crippen LogP) is 6.68. The third-order valence-corrected chi connectivity index (χ3v) is 5.63. The first-order chi connectivity index (χ1) is 12.6. The molecule has 3 aromatic rings. The summed E-state index contributed by atoms with van der Waals surface area (Å²) in [4.78, 5) is 0. The molecule has 0 bridgehead atoms. The smallest absolute Gasteiger partial charge is 0.146 e. The van der Waals surface area contributed by atoms with Crippen molar-refractivity contribution < 1.29 is 4.74 Å². The molecule has 3 nitrogen and oxygen atoms in total. The van der Waals surface area contributed by atoms with E-state index in [1.165, 1.54) is 0 Å². The molecule has 0 atom stereocenters. The molecule has 3 rings (SSSR count). The molecule has 0 aliphatic heterocycles. The van der Waals surface area contributed by atoms with Crippen LogP contribution in [0.5, 0.6) is 5.75 Å². The number of ether oxygens (including phenoxy) is 1. The number of hydrogen-bond acceptors (Lipinski definition) is 3. The van der Waals surface area contributed by atoms with Gasteiger partial charge in [0.25, 0.3) is 0 Å². The summed E-state index contributed by atoms with van der Waals surface area (Å²) in [7, 11) is 0. The Balaban J connectivity index is 1.66. The minimum atomic E-state index is 0.544. The van der Waals surface area contributed by atoms with Crippen LogP contribution in [-0.2, 0) is 6.61 Å². The quantitative estimate of drug-likeness (QED) is 0.187. The second-order valence-corrected chi connectivity index (χ2v) is 8.70. The van der Waals surface area contributed by atoms with Gasteiger partial charge in [0.05, 0.1) is 19.0 Å². The van der Waals surface area contributed by atoms with E-state index in [-0.39, 0.29) is 0 Å². The maximum Gasteiger partial charge on any atom is 0.146 e. The van der Waals surface area contributed by atoms with Gasteiger partial charge >= 0.3 is 0 Å². The van der Waals surface area contributed by atoms with Crippen molar-refractivity contribution in [3.8, 4) is 5.75 Å². The summed E-state index contributed by atoms with van der Waals surface area (Å²) in [6.07, 6.45) is 1.82. The van der Waals surface area contributed by atoms with Crippen LogP contribution in [0.15, 0.2) is 76.3 Å². The van der Waals surface area contributed by atoms with Crippen molar-refractivity contribution in [1.82, 2.24) is 0 Å². The molecule has 132 valence electrons. The van der Waals surface area contributed by atoms with E-state index >= 15 is 0 Å². The second kappa shape index (κ2) is 9.70. The van der Waals surface area contributed by atoms with Gasteiger partial charge in [0.15, 0.2) is 0 Å². The standard InChI is InChI=1S/C20H15BrI2N2O/c21-16-8-6-14(7-9-16)13-26-20-18(22)10-15(11-19(20)23)12-24-25-17-4-2-1-3-5-17/h1-12,25H,13H2/b24-12-. The molecule has 26 heavy (non-hydrogen) atoms. The van der Waals surface area contributed by atoms with E-state index in [1.807, 2.05) is 48.7 Å². The molecule has 0 heterocycles. The van der Waals surface area contributed by atoms with Crippen molar-refractivity contribution in [2.75, 3.05) is 5.43 Å². The van der Waals surface area contributed by atoms with E-state index in [1.54, 1.807) is 0 Å². The average molecular weight is 633 g/mol. The van der Waals surface area contributed by atoms with Gasteiger partial charge in [-0.2, -0.15) is 5.10 Å². The van der Waals surface area contributed by atoms with Crippen molar-refractivity contribution in [3.05, 3.63) is 89.5 Å². The molecule has 3 aromatic carbocycles. The zero-order valence-corrected chi connectivity index (χ0v) is 19.5. The van der Waals surface area contributed by atoms with Gasteiger partial charge < -0.3 is 4.74 Å². The molecule has 0 radical (unpaired) electrons. The maximum absolute atomic E-state index is 6.03. The number of para-hydroxylation sites is 1. The Bertz CT molecular complexity index is 876. The molecule has 1 N–H and O–H groups in total. The van der Waals surface area contributed by atoms with E-state index < -0.39 is 0 Å². The predicted molar refractivity (Wildman–Crippen MR) is 128 cm³/mol. The monoisotopic (exact) mass is 632 g/mol. The number of nitrogens with one attached hydrogen (secondary N) is 1. The average Bonchev–Trinajstić information content (AvgIpc) is 2.63. The Labute approximate surface area is 188 Å². The molecule has 0 unspecified atom stereocenters. The Kier molecular flexibility index (Phi) is 7.32. The van der Waals surface area contributed by atoms with Crippen molar-refractivity contribution in [2.24, 2.45) is 5.10 Å². The van der Waals surface area contributed by atoms with Gasteiger partial charge in [-0.05, 0) is 92.7 Å². The summed E-state index contributed by atoms with van der Waals surface area (Å²) in [6.45, 7) is 0.544. The molecular weight excluding hydrogens is 618 g/mol. The lowest BCUT2D eigenvalue weighted by Crippen LogP contribution is -2.00. The van der Waals surface area contributed by atoms with Crippen LogP contribution in [0, 0.1) is 7.14 Å². The van der Waals surface area contributed by atoms with Gasteiger partial charge in [-0.15, -0.1) is 0 Å². The zero-order valence-electron chi connectivity index (χ0n) is 13.6. The van der Waals surface area contributed by atoms with Gasteiger partial charge in [-0.3, -0.25) is 5.43 Å². The molecule has 0 aromatic heterocycles. The third-order valence-electron chi connectivity index (χ3n) is 3.50. The Morgan fingerprint density at radius 1 is 0.962 bits per heavy atom. The van der Waals surface area contributed by atoms with E-state index in [2.05, 4.69) is 95.9 Å². The highest BCUT2D eigenvalue weighted by Gasteiger charge is 2.09. The summed E-state index contributed by atoms with van der Waals surface area (Å²) in [5.41, 5.74) is 6.15. The van der Waals surface area contributed by atoms with Crippen LogP contribution < -0.4 is 10.2 Å². The molecule has 0 amide bonds. The minimum absolute atomic E-state index is 0.544. The highest BCUT2D eigenvalue weighted by Crippen LogP contribution is 2.29. The van der Waals surface area contributed by atoms with Crippen LogP contribution in [0.3, 0.4) is 0 Å². The fraction of sp³-hybridized carbons (Fsp3) is 0.0500. The Hall–Kier alpha value is -1.13. The number of hydrazone groups is 1. The van der Waals surface area contributed by atoms with Gasteiger partial charge in [0, 0.05) is 4.47 Å². The van der Waals surface area contributed by atoms with E-state index in [0.717, 1.165) is 34.2 Å². The van der Waals surface area contributed by atoms with Gasteiger partial charge in [0.1, 0.15) is 12.4 Å². The highest BCUT2D eigenvalue weighted by atomic mass is 127. The SMILES string of the molecule is Brc1ccc(COc2c(I)cc(/C=N\Nc3ccccc3)cc2I)cc1. The number of anilines is 1. The normalized spacial score (nSPS) is 10.9. The van der Waals surface area contributed by atoms with E-state index in [9.17, 15) is 0 Å². The van der Waals surface area contributed by atoms with Crippen LogP contribution in [0.2, 0.25) is 0 Å². The molecule has 0 spiro atoms. The van der Waals surface area contributed by atoms with Crippen molar-refractivity contribution in [2.45, 2.75) is 6.61 Å². The third kappa shape index (κ3) is 5.68. The van der Waals surface area contributed by atoms with E-state index in [4.69, 9.17) is 4.74 Å². The first kappa shape index (κ1) is 19.6. The van der Waals surface area contributed by atoms with Crippen molar-refractivity contribution >= 4 is 73.0 Å². The van der Waals surface area contributed by atoms with Crippen LogP contribution in [0.25, 0.3) is 0 Å². The lowest BCUT2D eigenvalue weighted by molar-refractivity contribution is 0.301. The molecule has 0 aliphatic rings. The van der Waals surface area contributed by atoms with Gasteiger partial charge in [0.2, 0.25) is 0 Å².